The Labute approximate surface area is 130 Å². The van der Waals surface area contributed by atoms with Crippen molar-refractivity contribution >= 4 is 16.9 Å². The van der Waals surface area contributed by atoms with E-state index in [1.807, 2.05) is 0 Å². The molecule has 0 amide bonds. The molecule has 0 aliphatic heterocycles. The summed E-state index contributed by atoms with van der Waals surface area (Å²) in [5.74, 6) is -5.86. The van der Waals surface area contributed by atoms with Crippen LogP contribution in [0.1, 0.15) is 23.3 Å². The fraction of sp³-hybridized carbons (Fsp3) is 0.286. The number of hydrogen-bond donors (Lipinski definition) is 1. The summed E-state index contributed by atoms with van der Waals surface area (Å²) in [6.45, 7) is 0.677. The van der Waals surface area contributed by atoms with Gasteiger partial charge in [-0.2, -0.15) is 17.6 Å². The summed E-state index contributed by atoms with van der Waals surface area (Å²) >= 11 is 0. The van der Waals surface area contributed by atoms with Gasteiger partial charge in [-0.1, -0.05) is 0 Å². The van der Waals surface area contributed by atoms with Gasteiger partial charge in [0.25, 0.3) is 0 Å². The molecule has 1 atom stereocenters. The molecule has 1 aromatic carbocycles. The first-order valence-electron chi connectivity index (χ1n) is 6.41. The molecule has 0 spiro atoms. The van der Waals surface area contributed by atoms with Crippen LogP contribution in [0, 0.1) is 11.6 Å². The lowest BCUT2D eigenvalue weighted by atomic mass is 10.1. The van der Waals surface area contributed by atoms with E-state index >= 15 is 0 Å². The van der Waals surface area contributed by atoms with Crippen molar-refractivity contribution in [3.63, 3.8) is 0 Å². The Morgan fingerprint density at radius 2 is 1.92 bits per heavy atom. The number of fused-ring (bicyclic) bond motifs is 1. The maximum Gasteiger partial charge on any atom is 0.408 e. The molecule has 0 aliphatic rings. The molecule has 2 aromatic rings. The topological polar surface area (TPSA) is 68.5 Å². The van der Waals surface area contributed by atoms with Gasteiger partial charge in [-0.05, 0) is 13.0 Å². The molecule has 5 nitrogen and oxygen atoms in total. The van der Waals surface area contributed by atoms with E-state index in [1.165, 1.54) is 0 Å². The van der Waals surface area contributed by atoms with Crippen molar-refractivity contribution in [2.45, 2.75) is 19.1 Å². The second-order valence-electron chi connectivity index (χ2n) is 4.90. The fourth-order valence-electron chi connectivity index (χ4n) is 2.23. The number of aromatic carboxylic acids is 1. The normalized spacial score (nSPS) is 13.1. The molecule has 2 rings (SSSR count). The van der Waals surface area contributed by atoms with Gasteiger partial charge in [0.2, 0.25) is 11.2 Å². The SMILES string of the molecule is COc1c(F)c(F)cc2c(=O)c(C(=O)O)cn([C@H](C)C(F)(F)F)c12. The van der Waals surface area contributed by atoms with Crippen LogP contribution >= 0.6 is 0 Å². The van der Waals surface area contributed by atoms with Crippen molar-refractivity contribution < 1.29 is 36.6 Å². The number of aromatic nitrogens is 1. The van der Waals surface area contributed by atoms with Crippen LogP contribution in [0.3, 0.4) is 0 Å². The molecule has 24 heavy (non-hydrogen) atoms. The highest BCUT2D eigenvalue weighted by Crippen LogP contribution is 2.36. The number of carboxylic acid groups (broad SMARTS) is 1. The molecule has 0 saturated carbocycles. The first kappa shape index (κ1) is 17.7. The second-order valence-corrected chi connectivity index (χ2v) is 4.90. The van der Waals surface area contributed by atoms with Crippen molar-refractivity contribution in [3.8, 4) is 5.75 Å². The minimum absolute atomic E-state index is 0.335. The van der Waals surface area contributed by atoms with Crippen molar-refractivity contribution in [1.29, 1.82) is 0 Å². The Balaban J connectivity index is 3.10. The number of hydrogen-bond acceptors (Lipinski definition) is 3. The predicted molar refractivity (Wildman–Crippen MR) is 72.4 cm³/mol. The van der Waals surface area contributed by atoms with Gasteiger partial charge in [0.15, 0.2) is 11.6 Å². The van der Waals surface area contributed by atoms with Crippen LogP contribution in [0.5, 0.6) is 5.75 Å². The van der Waals surface area contributed by atoms with Gasteiger partial charge in [0.1, 0.15) is 11.6 Å². The van der Waals surface area contributed by atoms with Crippen LogP contribution in [0.25, 0.3) is 10.9 Å². The van der Waals surface area contributed by atoms with Crippen LogP contribution in [0.2, 0.25) is 0 Å². The van der Waals surface area contributed by atoms with Crippen LogP contribution < -0.4 is 10.2 Å². The summed E-state index contributed by atoms with van der Waals surface area (Å²) in [5, 5.41) is 8.26. The number of nitrogens with zero attached hydrogens (tertiary/aromatic N) is 1. The molecule has 0 unspecified atom stereocenters. The Bertz CT molecular complexity index is 888. The summed E-state index contributed by atoms with van der Waals surface area (Å²) in [5.41, 5.74) is -2.94. The summed E-state index contributed by atoms with van der Waals surface area (Å²) in [4.78, 5) is 23.2. The van der Waals surface area contributed by atoms with Gasteiger partial charge < -0.3 is 14.4 Å². The van der Waals surface area contributed by atoms with E-state index in [9.17, 15) is 31.5 Å². The molecule has 1 aromatic heterocycles. The van der Waals surface area contributed by atoms with Crippen molar-refractivity contribution in [2.24, 2.45) is 0 Å². The number of pyridine rings is 1. The quantitative estimate of drug-likeness (QED) is 0.863. The number of alkyl halides is 3. The van der Waals surface area contributed by atoms with Gasteiger partial charge in [0, 0.05) is 6.20 Å². The third kappa shape index (κ3) is 2.68. The fourth-order valence-corrected chi connectivity index (χ4v) is 2.23. The Morgan fingerprint density at radius 3 is 2.38 bits per heavy atom. The highest BCUT2D eigenvalue weighted by molar-refractivity contribution is 5.94. The molecular formula is C14H10F5NO4. The second kappa shape index (κ2) is 5.77. The van der Waals surface area contributed by atoms with Crippen LogP contribution in [0.15, 0.2) is 17.1 Å². The molecule has 10 heteroatoms. The molecule has 1 heterocycles. The lowest BCUT2D eigenvalue weighted by molar-refractivity contribution is -0.162. The number of methoxy groups -OCH3 is 1. The maximum absolute atomic E-state index is 13.8. The molecule has 130 valence electrons. The molecule has 1 N–H and O–H groups in total. The number of benzene rings is 1. The Kier molecular flexibility index (Phi) is 4.25. The molecule has 0 saturated heterocycles. The average Bonchev–Trinajstić information content (AvgIpc) is 2.48. The zero-order chi connectivity index (χ0) is 18.4. The Morgan fingerprint density at radius 1 is 1.33 bits per heavy atom. The molecule has 0 fully saturated rings. The first-order chi connectivity index (χ1) is 11.0. The molecule has 0 aliphatic carbocycles. The summed E-state index contributed by atoms with van der Waals surface area (Å²) in [6.07, 6.45) is -4.40. The summed E-state index contributed by atoms with van der Waals surface area (Å²) < 4.78 is 71.6. The lowest BCUT2D eigenvalue weighted by Gasteiger charge is -2.23. The van der Waals surface area contributed by atoms with Gasteiger partial charge in [-0.3, -0.25) is 4.79 Å². The van der Waals surface area contributed by atoms with E-state index in [-0.39, 0.29) is 0 Å². The summed E-state index contributed by atoms with van der Waals surface area (Å²) in [6, 6.07) is -1.97. The smallest absolute Gasteiger partial charge is 0.408 e. The predicted octanol–water partition coefficient (Wildman–Crippen LogP) is 3.11. The largest absolute Gasteiger partial charge is 0.491 e. The van der Waals surface area contributed by atoms with Crippen LogP contribution in [0.4, 0.5) is 22.0 Å². The molecule has 0 bridgehead atoms. The van der Waals surface area contributed by atoms with Gasteiger partial charge in [-0.15, -0.1) is 0 Å². The number of rotatable bonds is 3. The highest BCUT2D eigenvalue weighted by Gasteiger charge is 2.39. The summed E-state index contributed by atoms with van der Waals surface area (Å²) in [7, 11) is 0.884. The standard InChI is InChI=1S/C14H10F5NO4/c1-5(14(17,18)19)20-4-7(13(22)23)11(21)6-3-8(15)9(16)12(24-2)10(6)20/h3-5H,1-2H3,(H,22,23)/t5-/m1/s1. The zero-order valence-corrected chi connectivity index (χ0v) is 12.2. The van der Waals surface area contributed by atoms with E-state index in [0.717, 1.165) is 7.11 Å². The number of halogens is 5. The number of ether oxygens (including phenoxy) is 1. The molecule has 0 radical (unpaired) electrons. The van der Waals surface area contributed by atoms with Crippen molar-refractivity contribution in [1.82, 2.24) is 4.57 Å². The van der Waals surface area contributed by atoms with Crippen LogP contribution in [-0.4, -0.2) is 28.9 Å². The van der Waals surface area contributed by atoms with E-state index in [4.69, 9.17) is 5.11 Å². The number of carboxylic acids is 1. The monoisotopic (exact) mass is 351 g/mol. The third-order valence-corrected chi connectivity index (χ3v) is 3.49. The Hall–Kier alpha value is -2.65. The van der Waals surface area contributed by atoms with Gasteiger partial charge >= 0.3 is 12.1 Å². The van der Waals surface area contributed by atoms with Gasteiger partial charge in [-0.25, -0.2) is 9.18 Å². The lowest BCUT2D eigenvalue weighted by Crippen LogP contribution is -2.28. The first-order valence-corrected chi connectivity index (χ1v) is 6.41. The zero-order valence-electron chi connectivity index (χ0n) is 12.2. The third-order valence-electron chi connectivity index (χ3n) is 3.49. The van der Waals surface area contributed by atoms with E-state index < -0.39 is 57.5 Å². The van der Waals surface area contributed by atoms with E-state index in [2.05, 4.69) is 4.74 Å². The maximum atomic E-state index is 13.8. The minimum atomic E-state index is -4.84. The van der Waals surface area contributed by atoms with Crippen molar-refractivity contribution in [3.05, 3.63) is 39.7 Å². The minimum Gasteiger partial charge on any atom is -0.491 e. The van der Waals surface area contributed by atoms with Gasteiger partial charge in [0.05, 0.1) is 18.0 Å². The van der Waals surface area contributed by atoms with E-state index in [0.29, 0.717) is 23.8 Å². The highest BCUT2D eigenvalue weighted by atomic mass is 19.4. The number of carbonyl (C=O) groups is 1. The van der Waals surface area contributed by atoms with E-state index in [1.54, 1.807) is 0 Å². The average molecular weight is 351 g/mol. The molecular weight excluding hydrogens is 341 g/mol. The van der Waals surface area contributed by atoms with Crippen molar-refractivity contribution in [2.75, 3.05) is 7.11 Å². The van der Waals surface area contributed by atoms with Crippen LogP contribution in [-0.2, 0) is 0 Å².